The monoisotopic (exact) mass is 1360 g/mol. The van der Waals surface area contributed by atoms with Crippen LogP contribution in [0.5, 0.6) is 0 Å². The van der Waals surface area contributed by atoms with Crippen molar-refractivity contribution in [1.82, 2.24) is 29.7 Å². The zero-order chi connectivity index (χ0) is 65.9. The highest BCUT2D eigenvalue weighted by molar-refractivity contribution is 7.86. The van der Waals surface area contributed by atoms with E-state index in [2.05, 4.69) is 52.2 Å². The summed E-state index contributed by atoms with van der Waals surface area (Å²) >= 11 is 0. The fourth-order valence-electron chi connectivity index (χ4n) is 10.9. The number of imidazole rings is 1. The summed E-state index contributed by atoms with van der Waals surface area (Å²) in [5.41, 5.74) is 8.46. The molecule has 90 heavy (non-hydrogen) atoms. The summed E-state index contributed by atoms with van der Waals surface area (Å²) in [7, 11) is -25.2. The van der Waals surface area contributed by atoms with Gasteiger partial charge in [-0.1, -0.05) is 47.5 Å². The molecule has 5 heterocycles. The van der Waals surface area contributed by atoms with Gasteiger partial charge in [-0.2, -0.15) is 25.5 Å². The standard InChI is InChI=1S/C53H66N9O23P3S2/c1-6-60(7-2)34-19-21-37-36(32(3)46(81-40(37)28-34)33-14-9-8-10-15-33)16-11-17-42-53(4,38-29-35(90(77,78)79)20-22-39(38)61(42)26-13-27-89(74,75)76)23-12-18-43(63)55-24-25-56-52(66)83-47-45(64)41(30-80-87(70,71)85-88(72,73)84-86(67,68)69)82-50(47)62-31-59(5)44-48(62)57-51(54)58-49(44)65/h8-11,14-17,19-22,28-29,31,41,45,47,50,64H,6-7,12-13,18,23-27,30H2,1-5H3,(H9-2,54,55,56,57,58,63,65,66,67,68,69,70,71,72,73,74,75,76,77,78,79)/p+2/t41-,45-,47-,50-,53?/m1/s1. The van der Waals surface area contributed by atoms with E-state index in [1.807, 2.05) is 80.6 Å². The minimum Gasteiger partial charge on any atom is -0.456 e. The third kappa shape index (κ3) is 16.4. The Morgan fingerprint density at radius 2 is 1.66 bits per heavy atom. The third-order valence-electron chi connectivity index (χ3n) is 14.9. The van der Waals surface area contributed by atoms with Gasteiger partial charge in [0.05, 0.1) is 30.4 Å². The first kappa shape index (κ1) is 69.1. The number of nitrogen functional groups attached to an aromatic ring is 1. The van der Waals surface area contributed by atoms with Gasteiger partial charge in [0.25, 0.3) is 31.7 Å². The number of anilines is 2. The Hall–Kier alpha value is -6.81. The number of phosphoric ester groups is 1. The minimum atomic E-state index is -5.95. The van der Waals surface area contributed by atoms with Gasteiger partial charge in [-0.3, -0.25) is 32.8 Å². The Morgan fingerprint density at radius 1 is 0.956 bits per heavy atom. The second kappa shape index (κ2) is 27.6. The van der Waals surface area contributed by atoms with E-state index in [0.29, 0.717) is 28.5 Å². The van der Waals surface area contributed by atoms with Crippen LogP contribution in [0.4, 0.5) is 16.4 Å². The first-order valence-electron chi connectivity index (χ1n) is 27.7. The van der Waals surface area contributed by atoms with E-state index < -0.39 is 108 Å². The van der Waals surface area contributed by atoms with Crippen molar-refractivity contribution in [1.29, 1.82) is 0 Å². The molecule has 2 amide bonds. The molecule has 0 spiro atoms. The molecule has 1 fully saturated rings. The maximum Gasteiger partial charge on any atom is 0.490 e. The van der Waals surface area contributed by atoms with Crippen LogP contribution < -0.4 is 41.3 Å². The summed E-state index contributed by atoms with van der Waals surface area (Å²) in [6.07, 6.45) is -1.49. The van der Waals surface area contributed by atoms with Crippen molar-refractivity contribution in [3.05, 3.63) is 123 Å². The lowest BCUT2D eigenvalue weighted by atomic mass is 9.77. The number of nitrogens with two attached hydrogens (primary N) is 1. The molecule has 0 saturated carbocycles. The molecule has 0 radical (unpaired) electrons. The molecule has 2 aromatic heterocycles. The number of ether oxygens (including phenoxy) is 2. The number of H-pyrrole nitrogens is 1. The predicted molar refractivity (Wildman–Crippen MR) is 322 cm³/mol. The summed E-state index contributed by atoms with van der Waals surface area (Å²) in [5, 5.41) is 17.5. The van der Waals surface area contributed by atoms with Crippen LogP contribution in [0.25, 0.3) is 39.9 Å². The number of aromatic nitrogens is 4. The predicted octanol–water partition coefficient (Wildman–Crippen LogP) is 3.50. The number of nitrogens with zero attached hydrogens (tertiary/aromatic N) is 5. The number of hydrogen-bond acceptors (Lipinski definition) is 20. The summed E-state index contributed by atoms with van der Waals surface area (Å²) in [4.78, 5) is 85.1. The minimum absolute atomic E-state index is 0.0280. The molecule has 32 nitrogen and oxygen atoms in total. The summed E-state index contributed by atoms with van der Waals surface area (Å²) < 4.78 is 140. The van der Waals surface area contributed by atoms with Crippen LogP contribution in [-0.4, -0.2) is 141 Å². The van der Waals surface area contributed by atoms with Gasteiger partial charge in [-0.25, -0.2) is 27.6 Å². The van der Waals surface area contributed by atoms with Gasteiger partial charge in [0.1, 0.15) is 36.8 Å². The Bertz CT molecular complexity index is 4260. The van der Waals surface area contributed by atoms with E-state index in [0.717, 1.165) is 45.3 Å². The second-order valence-electron chi connectivity index (χ2n) is 21.1. The molecule has 3 unspecified atom stereocenters. The normalized spacial score (nSPS) is 20.6. The average molecular weight is 1360 g/mol. The fraction of sp³-hybridized carbons (Fsp3) is 0.396. The van der Waals surface area contributed by atoms with E-state index in [-0.39, 0.29) is 62.4 Å². The van der Waals surface area contributed by atoms with E-state index in [1.165, 1.54) is 36.1 Å². The molecule has 37 heteroatoms. The molecule has 1 aliphatic carbocycles. The Balaban J connectivity index is 1.000. The van der Waals surface area contributed by atoms with E-state index in [1.54, 1.807) is 4.90 Å². The lowest BCUT2D eigenvalue weighted by Crippen LogP contribution is -2.49. The van der Waals surface area contributed by atoms with Gasteiger partial charge < -0.3 is 59.8 Å². The lowest BCUT2D eigenvalue weighted by Gasteiger charge is -2.30. The number of alkyl carbamates (subject to hydrolysis) is 1. The number of aryl methyl sites for hydroxylation is 1. The molecule has 488 valence electrons. The SMILES string of the molecule is CC[N+](CC)=c1ccc2c(/C=C/C=C3\N(CCCS(=O)(=O)O)c4ccc(S(=O)(=O)O)cc4C3(C)CCCC(=O)NCCNC(=O)O[C@@H]3[C@H](O)[C@@H](COP(=O)(O)OP(=O)(O)OP(=O)(O)O)O[C@H]3[n+]3cn(C)c4c(=O)[nH]c(N)nc43)c(C)c(-c3ccccc3)oc-2c1. The third-order valence-corrected chi connectivity index (χ3v) is 20.4. The molecule has 8 rings (SSSR count). The zero-order valence-corrected chi connectivity index (χ0v) is 53.2. The number of carbonyl (C=O) groups excluding carboxylic acids is 2. The van der Waals surface area contributed by atoms with Crippen LogP contribution in [0.2, 0.25) is 0 Å². The van der Waals surface area contributed by atoms with E-state index in [9.17, 15) is 68.9 Å². The van der Waals surface area contributed by atoms with E-state index >= 15 is 0 Å². The Labute approximate surface area is 514 Å². The summed E-state index contributed by atoms with van der Waals surface area (Å²) in [6, 6.07) is 19.6. The zero-order valence-electron chi connectivity index (χ0n) is 48.9. The first-order valence-corrected chi connectivity index (χ1v) is 35.2. The van der Waals surface area contributed by atoms with Gasteiger partial charge in [0, 0.05) is 65.6 Å². The largest absolute Gasteiger partial charge is 0.490 e. The number of aliphatic hydroxyl groups excluding tert-OH is 1. The molecule has 3 aliphatic heterocycles. The van der Waals surface area contributed by atoms with Crippen molar-refractivity contribution >= 4 is 84.6 Å². The van der Waals surface area contributed by atoms with Crippen LogP contribution in [0.1, 0.15) is 69.4 Å². The van der Waals surface area contributed by atoms with Crippen molar-refractivity contribution < 1.29 is 106 Å². The number of rotatable bonds is 26. The van der Waals surface area contributed by atoms with Gasteiger partial charge in [0.2, 0.25) is 23.0 Å². The van der Waals surface area contributed by atoms with Crippen molar-refractivity contribution in [2.24, 2.45) is 7.05 Å². The van der Waals surface area contributed by atoms with Crippen molar-refractivity contribution in [2.75, 3.05) is 55.7 Å². The lowest BCUT2D eigenvalue weighted by molar-refractivity contribution is -0.745. The molecular formula is C53H68N9O23P3S2+2. The number of hydrogen-bond donors (Lipinski definition) is 11. The number of fused-ring (bicyclic) bond motifs is 3. The topological polar surface area (TPSA) is 465 Å². The van der Waals surface area contributed by atoms with Crippen molar-refractivity contribution in [3.63, 3.8) is 0 Å². The van der Waals surface area contributed by atoms with Gasteiger partial charge in [-0.05, 0) is 88.4 Å². The molecule has 1 saturated heterocycles. The number of benzene rings is 3. The van der Waals surface area contributed by atoms with E-state index in [4.69, 9.17) is 29.4 Å². The molecule has 4 aromatic rings. The number of amides is 2. The molecule has 12 N–H and O–H groups in total. The van der Waals surface area contributed by atoms with Crippen molar-refractivity contribution in [2.45, 2.75) is 88.2 Å². The molecule has 0 bridgehead atoms. The van der Waals surface area contributed by atoms with Crippen LogP contribution >= 0.6 is 23.5 Å². The highest BCUT2D eigenvalue weighted by atomic mass is 32.2. The highest BCUT2D eigenvalue weighted by Gasteiger charge is 2.52. The molecule has 4 aliphatic rings. The molecular weight excluding hydrogens is 1290 g/mol. The van der Waals surface area contributed by atoms with Crippen LogP contribution in [0.15, 0.2) is 105 Å². The van der Waals surface area contributed by atoms with Crippen LogP contribution in [-0.2, 0) is 73.8 Å². The number of phosphoric acid groups is 3. The fourth-order valence-corrected chi connectivity index (χ4v) is 14.9. The Kier molecular flexibility index (Phi) is 21.2. The molecule has 7 atom stereocenters. The number of aromatic amines is 1. The van der Waals surface area contributed by atoms with Gasteiger partial charge in [-0.15, -0.1) is 0 Å². The second-order valence-corrected chi connectivity index (χ2v) is 28.5. The maximum atomic E-state index is 13.5. The van der Waals surface area contributed by atoms with Crippen LogP contribution in [0.3, 0.4) is 0 Å². The first-order chi connectivity index (χ1) is 42.1. The Morgan fingerprint density at radius 3 is 2.32 bits per heavy atom. The maximum absolute atomic E-state index is 13.5. The van der Waals surface area contributed by atoms with Gasteiger partial charge in [0.15, 0.2) is 12.4 Å². The number of aliphatic hydroxyl groups is 1. The van der Waals surface area contributed by atoms with Crippen LogP contribution in [0, 0.1) is 6.92 Å². The smallest absolute Gasteiger partial charge is 0.456 e. The summed E-state index contributed by atoms with van der Waals surface area (Å²) in [6.45, 7) is 7.75. The average Bonchev–Trinajstić information content (AvgIpc) is 1.58. The quantitative estimate of drug-likeness (QED) is 0.0160. The van der Waals surface area contributed by atoms with Crippen molar-refractivity contribution in [3.8, 4) is 22.6 Å². The number of carbonyl (C=O) groups is 2. The summed E-state index contributed by atoms with van der Waals surface area (Å²) in [5.74, 6) is -0.211. The number of nitrogens with one attached hydrogen (secondary N) is 3. The highest BCUT2D eigenvalue weighted by Crippen LogP contribution is 2.66. The molecule has 2 aromatic carbocycles. The van der Waals surface area contributed by atoms with Gasteiger partial charge >= 0.3 is 35.2 Å². The number of allylic oxidation sites excluding steroid dienone is 3.